The van der Waals surface area contributed by atoms with E-state index in [2.05, 4.69) is 9.97 Å². The molecule has 5 nitrogen and oxygen atoms in total. The third-order valence-electron chi connectivity index (χ3n) is 3.23. The minimum absolute atomic E-state index is 0.0896. The zero-order chi connectivity index (χ0) is 12.6. The summed E-state index contributed by atoms with van der Waals surface area (Å²) in [4.78, 5) is 8.67. The van der Waals surface area contributed by atoms with Gasteiger partial charge < -0.3 is 5.73 Å². The Bertz CT molecular complexity index is 540. The fraction of sp³-hybridized carbons (Fsp3) is 0.636. The first-order chi connectivity index (χ1) is 7.93. The van der Waals surface area contributed by atoms with E-state index in [9.17, 15) is 8.42 Å². The van der Waals surface area contributed by atoms with E-state index in [0.29, 0.717) is 18.1 Å². The van der Waals surface area contributed by atoms with Gasteiger partial charge in [-0.1, -0.05) is 6.92 Å². The van der Waals surface area contributed by atoms with Gasteiger partial charge in [-0.3, -0.25) is 0 Å². The molecular weight excluding hydrogens is 238 g/mol. The third kappa shape index (κ3) is 2.41. The van der Waals surface area contributed by atoms with Gasteiger partial charge in [0.25, 0.3) is 0 Å². The van der Waals surface area contributed by atoms with Crippen LogP contribution in [0.15, 0.2) is 0 Å². The zero-order valence-corrected chi connectivity index (χ0v) is 10.9. The van der Waals surface area contributed by atoms with Gasteiger partial charge in [-0.15, -0.1) is 0 Å². The van der Waals surface area contributed by atoms with Crippen LogP contribution in [0.1, 0.15) is 36.3 Å². The molecule has 2 heterocycles. The van der Waals surface area contributed by atoms with Gasteiger partial charge in [-0.05, 0) is 19.8 Å². The predicted molar refractivity (Wildman–Crippen MR) is 66.6 cm³/mol. The molecule has 2 rings (SSSR count). The highest BCUT2D eigenvalue weighted by Crippen LogP contribution is 2.28. The van der Waals surface area contributed by atoms with Gasteiger partial charge in [0.05, 0.1) is 11.5 Å². The molecule has 0 spiro atoms. The molecule has 1 fully saturated rings. The highest BCUT2D eigenvalue weighted by Gasteiger charge is 2.31. The quantitative estimate of drug-likeness (QED) is 0.846. The summed E-state index contributed by atoms with van der Waals surface area (Å²) in [5, 5.41) is 0. The van der Waals surface area contributed by atoms with Crippen LogP contribution in [-0.2, 0) is 16.3 Å². The van der Waals surface area contributed by atoms with Gasteiger partial charge in [0.15, 0.2) is 9.84 Å². The number of hydrogen-bond donors (Lipinski definition) is 1. The average molecular weight is 255 g/mol. The Kier molecular flexibility index (Phi) is 3.07. The van der Waals surface area contributed by atoms with Gasteiger partial charge in [0.2, 0.25) is 0 Å². The summed E-state index contributed by atoms with van der Waals surface area (Å²) in [6.45, 7) is 3.90. The van der Waals surface area contributed by atoms with E-state index in [1.807, 2.05) is 13.8 Å². The van der Waals surface area contributed by atoms with Crippen LogP contribution in [0.3, 0.4) is 0 Å². The monoisotopic (exact) mass is 255 g/mol. The van der Waals surface area contributed by atoms with Crippen molar-refractivity contribution >= 4 is 15.7 Å². The number of sulfone groups is 1. The zero-order valence-electron chi connectivity index (χ0n) is 10.1. The molecule has 17 heavy (non-hydrogen) atoms. The van der Waals surface area contributed by atoms with E-state index in [1.165, 1.54) is 0 Å². The predicted octanol–water partition coefficient (Wildman–Crippen LogP) is 0.832. The fourth-order valence-corrected chi connectivity index (χ4v) is 3.87. The molecule has 2 N–H and O–H groups in total. The van der Waals surface area contributed by atoms with Crippen molar-refractivity contribution < 1.29 is 8.42 Å². The Morgan fingerprint density at radius 1 is 1.41 bits per heavy atom. The van der Waals surface area contributed by atoms with E-state index in [4.69, 9.17) is 5.73 Å². The maximum Gasteiger partial charge on any atom is 0.151 e. The van der Waals surface area contributed by atoms with Crippen LogP contribution in [0.25, 0.3) is 0 Å². The van der Waals surface area contributed by atoms with Gasteiger partial charge in [-0.25, -0.2) is 18.4 Å². The second kappa shape index (κ2) is 4.25. The van der Waals surface area contributed by atoms with Crippen LogP contribution in [0.5, 0.6) is 0 Å². The molecule has 1 atom stereocenters. The summed E-state index contributed by atoms with van der Waals surface area (Å²) in [6.07, 6.45) is 1.39. The van der Waals surface area contributed by atoms with Crippen molar-refractivity contribution in [2.24, 2.45) is 0 Å². The van der Waals surface area contributed by atoms with Gasteiger partial charge >= 0.3 is 0 Å². The molecule has 1 aromatic rings. The van der Waals surface area contributed by atoms with Crippen molar-refractivity contribution in [1.29, 1.82) is 0 Å². The van der Waals surface area contributed by atoms with Crippen LogP contribution in [0, 0.1) is 6.92 Å². The van der Waals surface area contributed by atoms with Crippen molar-refractivity contribution in [2.45, 2.75) is 32.6 Å². The lowest BCUT2D eigenvalue weighted by Crippen LogP contribution is -2.12. The van der Waals surface area contributed by atoms with Gasteiger partial charge in [-0.2, -0.15) is 0 Å². The Hall–Kier alpha value is -1.17. The molecular formula is C11H17N3O2S. The number of anilines is 1. The lowest BCUT2D eigenvalue weighted by molar-refractivity contribution is 0.601. The van der Waals surface area contributed by atoms with Crippen molar-refractivity contribution in [1.82, 2.24) is 9.97 Å². The first-order valence-electron chi connectivity index (χ1n) is 5.76. The van der Waals surface area contributed by atoms with Gasteiger partial charge in [0.1, 0.15) is 11.6 Å². The maximum absolute atomic E-state index is 11.4. The number of aromatic nitrogens is 2. The van der Waals surface area contributed by atoms with Crippen LogP contribution in [0.4, 0.5) is 5.82 Å². The minimum Gasteiger partial charge on any atom is -0.383 e. The summed E-state index contributed by atoms with van der Waals surface area (Å²) < 4.78 is 22.9. The van der Waals surface area contributed by atoms with Gasteiger partial charge in [0, 0.05) is 17.2 Å². The fourth-order valence-electron chi connectivity index (χ4n) is 2.13. The number of hydrogen-bond acceptors (Lipinski definition) is 5. The number of aryl methyl sites for hydroxylation is 1. The minimum atomic E-state index is -2.91. The lowest BCUT2D eigenvalue weighted by Gasteiger charge is -2.11. The number of rotatable bonds is 2. The molecule has 0 bridgehead atoms. The molecule has 94 valence electrons. The van der Waals surface area contributed by atoms with Crippen molar-refractivity contribution in [2.75, 3.05) is 17.2 Å². The van der Waals surface area contributed by atoms with Crippen LogP contribution < -0.4 is 5.73 Å². The molecule has 1 aliphatic rings. The third-order valence-corrected chi connectivity index (χ3v) is 5.00. The number of nitrogens with two attached hydrogens (primary N) is 1. The smallest absolute Gasteiger partial charge is 0.151 e. The van der Waals surface area contributed by atoms with Crippen LogP contribution in [-0.4, -0.2) is 29.9 Å². The van der Waals surface area contributed by atoms with Crippen molar-refractivity contribution in [3.05, 3.63) is 17.1 Å². The summed E-state index contributed by atoms with van der Waals surface area (Å²) in [6, 6.07) is 0. The normalized spacial score (nSPS) is 22.8. The highest BCUT2D eigenvalue weighted by atomic mass is 32.2. The largest absolute Gasteiger partial charge is 0.383 e. The topological polar surface area (TPSA) is 85.9 Å². The molecule has 1 aromatic heterocycles. The summed E-state index contributed by atoms with van der Waals surface area (Å²) in [7, 11) is -2.91. The molecule has 0 amide bonds. The second-order valence-corrected chi connectivity index (χ2v) is 6.72. The van der Waals surface area contributed by atoms with E-state index < -0.39 is 9.84 Å². The molecule has 0 aliphatic carbocycles. The lowest BCUT2D eigenvalue weighted by atomic mass is 10.1. The van der Waals surface area contributed by atoms with E-state index >= 15 is 0 Å². The van der Waals surface area contributed by atoms with E-state index in [1.54, 1.807) is 0 Å². The molecule has 1 unspecified atom stereocenters. The van der Waals surface area contributed by atoms with E-state index in [-0.39, 0.29) is 17.4 Å². The molecule has 1 saturated heterocycles. The average Bonchev–Trinajstić information content (AvgIpc) is 2.62. The number of nitrogen functional groups attached to an aromatic ring is 1. The van der Waals surface area contributed by atoms with Crippen LogP contribution in [0.2, 0.25) is 0 Å². The first-order valence-corrected chi connectivity index (χ1v) is 7.58. The Labute approximate surface area is 101 Å². The summed E-state index contributed by atoms with van der Waals surface area (Å²) in [5.41, 5.74) is 7.65. The molecule has 1 aliphatic heterocycles. The standard InChI is InChI=1S/C11H17N3O2S/c1-3-9-7(2)10(12)14-11(13-9)8-4-5-17(15,16)6-8/h8H,3-6H2,1-2H3,(H2,12,13,14). The molecule has 0 saturated carbocycles. The summed E-state index contributed by atoms with van der Waals surface area (Å²) >= 11 is 0. The van der Waals surface area contributed by atoms with Crippen molar-refractivity contribution in [3.8, 4) is 0 Å². The summed E-state index contributed by atoms with van der Waals surface area (Å²) in [5.74, 6) is 1.35. The Balaban J connectivity index is 2.37. The highest BCUT2D eigenvalue weighted by molar-refractivity contribution is 7.91. The molecule has 0 aromatic carbocycles. The SMILES string of the molecule is CCc1nc(C2CCS(=O)(=O)C2)nc(N)c1C. The van der Waals surface area contributed by atoms with Crippen LogP contribution >= 0.6 is 0 Å². The first kappa shape index (κ1) is 12.3. The number of nitrogens with zero attached hydrogens (tertiary/aromatic N) is 2. The van der Waals surface area contributed by atoms with E-state index in [0.717, 1.165) is 17.7 Å². The molecule has 0 radical (unpaired) electrons. The molecule has 6 heteroatoms. The second-order valence-electron chi connectivity index (χ2n) is 4.49. The maximum atomic E-state index is 11.4. The van der Waals surface area contributed by atoms with Crippen molar-refractivity contribution in [3.63, 3.8) is 0 Å². The Morgan fingerprint density at radius 2 is 2.12 bits per heavy atom. The Morgan fingerprint density at radius 3 is 2.65 bits per heavy atom.